The molecule has 0 fully saturated rings. The first kappa shape index (κ1) is 12.5. The number of hydrogen-bond acceptors (Lipinski definition) is 2. The lowest BCUT2D eigenvalue weighted by atomic mass is 10.1. The van der Waals surface area contributed by atoms with E-state index in [1.165, 1.54) is 5.56 Å². The molecule has 0 amide bonds. The number of aryl methyl sites for hydroxylation is 1. The normalized spacial score (nSPS) is 10.5. The number of H-pyrrole nitrogens is 1. The van der Waals surface area contributed by atoms with Gasteiger partial charge in [0.15, 0.2) is 0 Å². The Bertz CT molecular complexity index is 714. The summed E-state index contributed by atoms with van der Waals surface area (Å²) in [4.78, 5) is 0. The molecule has 0 saturated heterocycles. The number of aromatic nitrogens is 2. The van der Waals surface area contributed by atoms with Crippen molar-refractivity contribution in [3.63, 3.8) is 0 Å². The Morgan fingerprint density at radius 2 is 1.75 bits per heavy atom. The Morgan fingerprint density at radius 3 is 2.50 bits per heavy atom. The summed E-state index contributed by atoms with van der Waals surface area (Å²) < 4.78 is 5.24. The Morgan fingerprint density at radius 1 is 0.950 bits per heavy atom. The lowest BCUT2D eigenvalue weighted by Gasteiger charge is -2.01. The Hall–Kier alpha value is -2.55. The third-order valence-corrected chi connectivity index (χ3v) is 3.31. The van der Waals surface area contributed by atoms with Crippen LogP contribution in [0.2, 0.25) is 0 Å². The van der Waals surface area contributed by atoms with Crippen molar-refractivity contribution in [1.29, 1.82) is 0 Å². The molecule has 0 saturated carbocycles. The fourth-order valence-electron chi connectivity index (χ4n) is 2.13. The topological polar surface area (TPSA) is 37.9 Å². The highest BCUT2D eigenvalue weighted by Crippen LogP contribution is 2.26. The zero-order valence-electron chi connectivity index (χ0n) is 11.6. The first-order valence-electron chi connectivity index (χ1n) is 6.53. The van der Waals surface area contributed by atoms with Crippen LogP contribution < -0.4 is 4.74 Å². The number of hydrogen-bond donors (Lipinski definition) is 1. The molecule has 3 rings (SSSR count). The molecule has 0 aliphatic carbocycles. The van der Waals surface area contributed by atoms with Gasteiger partial charge in [-0.15, -0.1) is 0 Å². The van der Waals surface area contributed by atoms with Crippen LogP contribution in [-0.4, -0.2) is 17.3 Å². The molecule has 1 heterocycles. The highest BCUT2D eigenvalue weighted by Gasteiger charge is 2.06. The molecule has 0 radical (unpaired) electrons. The van der Waals surface area contributed by atoms with Gasteiger partial charge in [-0.05, 0) is 30.7 Å². The highest BCUT2D eigenvalue weighted by atomic mass is 16.5. The van der Waals surface area contributed by atoms with Gasteiger partial charge in [0, 0.05) is 5.56 Å². The van der Waals surface area contributed by atoms with Gasteiger partial charge in [0.05, 0.1) is 18.5 Å². The number of aromatic amines is 1. The zero-order chi connectivity index (χ0) is 13.9. The quantitative estimate of drug-likeness (QED) is 0.774. The van der Waals surface area contributed by atoms with E-state index in [1.54, 1.807) is 7.11 Å². The molecule has 0 unspecified atom stereocenters. The maximum absolute atomic E-state index is 5.24. The first-order valence-corrected chi connectivity index (χ1v) is 6.53. The number of ether oxygens (including phenoxy) is 1. The zero-order valence-corrected chi connectivity index (χ0v) is 11.6. The summed E-state index contributed by atoms with van der Waals surface area (Å²) in [5, 5.41) is 7.47. The standard InChI is InChI=1S/C17H16N2O/c1-12-6-8-13(9-7-12)16-11-17(19-18-16)14-4-3-5-15(10-14)20-2/h3-11H,1-2H3,(H,18,19). The van der Waals surface area contributed by atoms with E-state index >= 15 is 0 Å². The van der Waals surface area contributed by atoms with Crippen LogP contribution >= 0.6 is 0 Å². The van der Waals surface area contributed by atoms with Crippen LogP contribution in [0.4, 0.5) is 0 Å². The van der Waals surface area contributed by atoms with Gasteiger partial charge in [-0.3, -0.25) is 5.10 Å². The van der Waals surface area contributed by atoms with E-state index in [2.05, 4.69) is 47.5 Å². The molecule has 0 aliphatic heterocycles. The molecule has 0 spiro atoms. The summed E-state index contributed by atoms with van der Waals surface area (Å²) in [7, 11) is 1.67. The molecule has 2 aromatic carbocycles. The van der Waals surface area contributed by atoms with Crippen LogP contribution in [0.1, 0.15) is 5.56 Å². The molecule has 0 bridgehead atoms. The van der Waals surface area contributed by atoms with Crippen LogP contribution in [0.5, 0.6) is 5.75 Å². The summed E-state index contributed by atoms with van der Waals surface area (Å²) >= 11 is 0. The molecule has 3 nitrogen and oxygen atoms in total. The Kier molecular flexibility index (Phi) is 3.25. The molecule has 20 heavy (non-hydrogen) atoms. The second kappa shape index (κ2) is 5.21. The smallest absolute Gasteiger partial charge is 0.119 e. The fraction of sp³-hybridized carbons (Fsp3) is 0.118. The number of methoxy groups -OCH3 is 1. The van der Waals surface area contributed by atoms with Crippen LogP contribution in [0, 0.1) is 6.92 Å². The van der Waals surface area contributed by atoms with Gasteiger partial charge >= 0.3 is 0 Å². The molecule has 1 N–H and O–H groups in total. The molecule has 100 valence electrons. The minimum absolute atomic E-state index is 0.836. The van der Waals surface area contributed by atoms with E-state index in [4.69, 9.17) is 4.74 Å². The minimum atomic E-state index is 0.836. The fourth-order valence-corrected chi connectivity index (χ4v) is 2.13. The number of benzene rings is 2. The number of rotatable bonds is 3. The highest BCUT2D eigenvalue weighted by molar-refractivity contribution is 5.69. The van der Waals surface area contributed by atoms with E-state index in [0.29, 0.717) is 0 Å². The molecule has 0 aliphatic rings. The molecular formula is C17H16N2O. The van der Waals surface area contributed by atoms with Crippen molar-refractivity contribution in [3.05, 3.63) is 60.2 Å². The third kappa shape index (κ3) is 2.43. The van der Waals surface area contributed by atoms with Gasteiger partial charge in [0.2, 0.25) is 0 Å². The lowest BCUT2D eigenvalue weighted by Crippen LogP contribution is -1.83. The molecule has 3 heteroatoms. The lowest BCUT2D eigenvalue weighted by molar-refractivity contribution is 0.415. The van der Waals surface area contributed by atoms with E-state index in [9.17, 15) is 0 Å². The summed E-state index contributed by atoms with van der Waals surface area (Å²) in [6.07, 6.45) is 0. The van der Waals surface area contributed by atoms with Gasteiger partial charge in [-0.25, -0.2) is 0 Å². The van der Waals surface area contributed by atoms with E-state index in [-0.39, 0.29) is 0 Å². The van der Waals surface area contributed by atoms with Crippen LogP contribution in [0.15, 0.2) is 54.6 Å². The molecular weight excluding hydrogens is 248 g/mol. The Balaban J connectivity index is 1.95. The second-order valence-electron chi connectivity index (χ2n) is 4.76. The van der Waals surface area contributed by atoms with Gasteiger partial charge in [0.25, 0.3) is 0 Å². The summed E-state index contributed by atoms with van der Waals surface area (Å²) in [5.74, 6) is 0.836. The summed E-state index contributed by atoms with van der Waals surface area (Å²) in [6, 6.07) is 18.3. The number of nitrogens with one attached hydrogen (secondary N) is 1. The maximum atomic E-state index is 5.24. The van der Waals surface area contributed by atoms with Crippen molar-refractivity contribution in [3.8, 4) is 28.3 Å². The predicted octanol–water partition coefficient (Wildman–Crippen LogP) is 4.06. The van der Waals surface area contributed by atoms with Gasteiger partial charge < -0.3 is 4.74 Å². The number of nitrogens with zero attached hydrogens (tertiary/aromatic N) is 1. The average molecular weight is 264 g/mol. The van der Waals surface area contributed by atoms with Crippen molar-refractivity contribution < 1.29 is 4.74 Å². The van der Waals surface area contributed by atoms with Crippen molar-refractivity contribution >= 4 is 0 Å². The van der Waals surface area contributed by atoms with Crippen molar-refractivity contribution in [2.45, 2.75) is 6.92 Å². The van der Waals surface area contributed by atoms with Gasteiger partial charge in [-0.1, -0.05) is 42.0 Å². The molecule has 0 atom stereocenters. The van der Waals surface area contributed by atoms with E-state index < -0.39 is 0 Å². The van der Waals surface area contributed by atoms with E-state index in [1.807, 2.05) is 24.3 Å². The van der Waals surface area contributed by atoms with Crippen LogP contribution in [0.3, 0.4) is 0 Å². The minimum Gasteiger partial charge on any atom is -0.497 e. The summed E-state index contributed by atoms with van der Waals surface area (Å²) in [5.41, 5.74) is 5.36. The third-order valence-electron chi connectivity index (χ3n) is 3.31. The van der Waals surface area contributed by atoms with E-state index in [0.717, 1.165) is 28.3 Å². The first-order chi connectivity index (χ1) is 9.76. The van der Waals surface area contributed by atoms with Crippen molar-refractivity contribution in [1.82, 2.24) is 10.2 Å². The van der Waals surface area contributed by atoms with Crippen molar-refractivity contribution in [2.75, 3.05) is 7.11 Å². The van der Waals surface area contributed by atoms with Gasteiger partial charge in [0.1, 0.15) is 5.75 Å². The predicted molar refractivity (Wildman–Crippen MR) is 80.7 cm³/mol. The second-order valence-corrected chi connectivity index (χ2v) is 4.76. The average Bonchev–Trinajstić information content (AvgIpc) is 2.98. The maximum Gasteiger partial charge on any atom is 0.119 e. The Labute approximate surface area is 118 Å². The largest absolute Gasteiger partial charge is 0.497 e. The molecule has 3 aromatic rings. The summed E-state index contributed by atoms with van der Waals surface area (Å²) in [6.45, 7) is 2.08. The SMILES string of the molecule is COc1cccc(-c2cc(-c3ccc(C)cc3)[nH]n2)c1. The van der Waals surface area contributed by atoms with Crippen molar-refractivity contribution in [2.24, 2.45) is 0 Å². The van der Waals surface area contributed by atoms with Crippen LogP contribution in [-0.2, 0) is 0 Å². The monoisotopic (exact) mass is 264 g/mol. The van der Waals surface area contributed by atoms with Crippen LogP contribution in [0.25, 0.3) is 22.5 Å². The molecule has 1 aromatic heterocycles. The van der Waals surface area contributed by atoms with Gasteiger partial charge in [-0.2, -0.15) is 5.10 Å².